The molecule has 21 heavy (non-hydrogen) atoms. The highest BCUT2D eigenvalue weighted by molar-refractivity contribution is 9.10. The van der Waals surface area contributed by atoms with Crippen LogP contribution in [-0.4, -0.2) is 22.0 Å². The lowest BCUT2D eigenvalue weighted by Gasteiger charge is -2.07. The van der Waals surface area contributed by atoms with Gasteiger partial charge in [-0.2, -0.15) is 0 Å². The standard InChI is InChI=1S/C14H10BrFN2O3/c15-11-3-1-2-10(12(11)16)13(19)18-7-9-6-8(14(20)21)4-5-17-9/h1-6H,7H2,(H,18,19)(H,20,21). The maximum Gasteiger partial charge on any atom is 0.335 e. The maximum atomic E-state index is 13.7. The Balaban J connectivity index is 2.09. The van der Waals surface area contributed by atoms with Crippen LogP contribution in [0.1, 0.15) is 26.4 Å². The molecule has 0 aliphatic rings. The number of rotatable bonds is 4. The van der Waals surface area contributed by atoms with E-state index < -0.39 is 17.7 Å². The van der Waals surface area contributed by atoms with E-state index in [1.807, 2.05) is 0 Å². The van der Waals surface area contributed by atoms with Gasteiger partial charge in [-0.25, -0.2) is 9.18 Å². The van der Waals surface area contributed by atoms with Gasteiger partial charge in [-0.1, -0.05) is 6.07 Å². The summed E-state index contributed by atoms with van der Waals surface area (Å²) in [7, 11) is 0. The van der Waals surface area contributed by atoms with Gasteiger partial charge in [0.25, 0.3) is 5.91 Å². The van der Waals surface area contributed by atoms with Gasteiger partial charge in [0.15, 0.2) is 0 Å². The van der Waals surface area contributed by atoms with E-state index in [-0.39, 0.29) is 22.1 Å². The summed E-state index contributed by atoms with van der Waals surface area (Å²) in [5.41, 5.74) is 0.348. The molecule has 2 N–H and O–H groups in total. The predicted octanol–water partition coefficient (Wildman–Crippen LogP) is 2.61. The largest absolute Gasteiger partial charge is 0.478 e. The molecule has 0 atom stereocenters. The van der Waals surface area contributed by atoms with Crippen molar-refractivity contribution in [3.8, 4) is 0 Å². The molecule has 0 unspecified atom stereocenters. The van der Waals surface area contributed by atoms with Crippen LogP contribution in [0.2, 0.25) is 0 Å². The van der Waals surface area contributed by atoms with Crippen molar-refractivity contribution in [3.05, 3.63) is 63.6 Å². The fraction of sp³-hybridized carbons (Fsp3) is 0.0714. The molecule has 0 fully saturated rings. The highest BCUT2D eigenvalue weighted by Crippen LogP contribution is 2.18. The van der Waals surface area contributed by atoms with Crippen molar-refractivity contribution >= 4 is 27.8 Å². The number of carbonyl (C=O) groups is 2. The molecule has 0 aliphatic carbocycles. The van der Waals surface area contributed by atoms with Gasteiger partial charge in [-0.3, -0.25) is 9.78 Å². The number of benzene rings is 1. The molecular formula is C14H10BrFN2O3. The van der Waals surface area contributed by atoms with Gasteiger partial charge in [0, 0.05) is 6.20 Å². The second kappa shape index (κ2) is 6.45. The molecule has 0 bridgehead atoms. The van der Waals surface area contributed by atoms with Crippen molar-refractivity contribution in [2.75, 3.05) is 0 Å². The third-order valence-electron chi connectivity index (χ3n) is 2.69. The van der Waals surface area contributed by atoms with Gasteiger partial charge in [-0.15, -0.1) is 0 Å². The smallest absolute Gasteiger partial charge is 0.335 e. The molecule has 1 aromatic heterocycles. The highest BCUT2D eigenvalue weighted by Gasteiger charge is 2.14. The van der Waals surface area contributed by atoms with Crippen molar-refractivity contribution in [2.45, 2.75) is 6.54 Å². The topological polar surface area (TPSA) is 79.3 Å². The Labute approximate surface area is 128 Å². The zero-order chi connectivity index (χ0) is 15.4. The average molecular weight is 353 g/mol. The summed E-state index contributed by atoms with van der Waals surface area (Å²) in [5.74, 6) is -2.33. The number of nitrogens with zero attached hydrogens (tertiary/aromatic N) is 1. The van der Waals surface area contributed by atoms with Crippen LogP contribution in [0.4, 0.5) is 4.39 Å². The van der Waals surface area contributed by atoms with Crippen LogP contribution in [0, 0.1) is 5.82 Å². The summed E-state index contributed by atoms with van der Waals surface area (Å²) >= 11 is 3.00. The summed E-state index contributed by atoms with van der Waals surface area (Å²) in [5, 5.41) is 11.4. The first-order valence-corrected chi connectivity index (χ1v) is 6.69. The second-order valence-electron chi connectivity index (χ2n) is 4.13. The lowest BCUT2D eigenvalue weighted by molar-refractivity contribution is 0.0696. The molecule has 0 aliphatic heterocycles. The molecule has 0 saturated carbocycles. The number of nitrogens with one attached hydrogen (secondary N) is 1. The van der Waals surface area contributed by atoms with E-state index in [0.717, 1.165) is 0 Å². The molecule has 0 spiro atoms. The van der Waals surface area contributed by atoms with E-state index in [0.29, 0.717) is 5.69 Å². The minimum absolute atomic E-state index is 0.00586. The first-order valence-electron chi connectivity index (χ1n) is 5.89. The molecular weight excluding hydrogens is 343 g/mol. The maximum absolute atomic E-state index is 13.7. The summed E-state index contributed by atoms with van der Waals surface area (Å²) in [4.78, 5) is 26.7. The first kappa shape index (κ1) is 15.1. The van der Waals surface area contributed by atoms with E-state index in [1.165, 1.54) is 30.5 Å². The molecule has 1 aromatic carbocycles. The number of amides is 1. The molecule has 1 heterocycles. The molecule has 108 valence electrons. The van der Waals surface area contributed by atoms with E-state index in [4.69, 9.17) is 5.11 Å². The fourth-order valence-corrected chi connectivity index (χ4v) is 2.02. The number of carbonyl (C=O) groups excluding carboxylic acids is 1. The Kier molecular flexibility index (Phi) is 4.64. The Morgan fingerprint density at radius 3 is 2.81 bits per heavy atom. The van der Waals surface area contributed by atoms with Crippen LogP contribution >= 0.6 is 15.9 Å². The zero-order valence-corrected chi connectivity index (χ0v) is 12.2. The minimum Gasteiger partial charge on any atom is -0.478 e. The lowest BCUT2D eigenvalue weighted by Crippen LogP contribution is -2.24. The average Bonchev–Trinajstić information content (AvgIpc) is 2.48. The summed E-state index contributed by atoms with van der Waals surface area (Å²) in [6.07, 6.45) is 1.34. The number of halogens is 2. The minimum atomic E-state index is -1.08. The van der Waals surface area contributed by atoms with Gasteiger partial charge >= 0.3 is 5.97 Å². The first-order chi connectivity index (χ1) is 9.99. The Morgan fingerprint density at radius 2 is 2.10 bits per heavy atom. The number of hydrogen-bond donors (Lipinski definition) is 2. The zero-order valence-electron chi connectivity index (χ0n) is 10.6. The summed E-state index contributed by atoms with van der Waals surface area (Å²) in [6.45, 7) is 0.00586. The van der Waals surface area contributed by atoms with Gasteiger partial charge in [0.1, 0.15) is 5.82 Å². The molecule has 0 saturated heterocycles. The summed E-state index contributed by atoms with van der Waals surface area (Å²) < 4.78 is 13.9. The number of carboxylic acids is 1. The molecule has 2 aromatic rings. The molecule has 5 nitrogen and oxygen atoms in total. The SMILES string of the molecule is O=C(O)c1ccnc(CNC(=O)c2cccc(Br)c2F)c1. The van der Waals surface area contributed by atoms with Crippen LogP contribution in [-0.2, 0) is 6.54 Å². The second-order valence-corrected chi connectivity index (χ2v) is 4.98. The number of aromatic nitrogens is 1. The Bertz CT molecular complexity index is 706. The van der Waals surface area contributed by atoms with Gasteiger partial charge in [0.05, 0.1) is 27.8 Å². The molecule has 7 heteroatoms. The van der Waals surface area contributed by atoms with Crippen molar-refractivity contribution in [3.63, 3.8) is 0 Å². The van der Waals surface area contributed by atoms with Gasteiger partial charge in [-0.05, 0) is 40.2 Å². The Morgan fingerprint density at radius 1 is 1.33 bits per heavy atom. The van der Waals surface area contributed by atoms with E-state index >= 15 is 0 Å². The van der Waals surface area contributed by atoms with Crippen LogP contribution < -0.4 is 5.32 Å². The number of carboxylic acid groups (broad SMARTS) is 1. The normalized spacial score (nSPS) is 10.2. The van der Waals surface area contributed by atoms with Crippen LogP contribution in [0.5, 0.6) is 0 Å². The molecule has 2 rings (SSSR count). The third-order valence-corrected chi connectivity index (χ3v) is 3.30. The van der Waals surface area contributed by atoms with Crippen molar-refractivity contribution < 1.29 is 19.1 Å². The quantitative estimate of drug-likeness (QED) is 0.886. The van der Waals surface area contributed by atoms with E-state index in [1.54, 1.807) is 6.07 Å². The van der Waals surface area contributed by atoms with Crippen LogP contribution in [0.3, 0.4) is 0 Å². The molecule has 1 amide bonds. The molecule has 0 radical (unpaired) electrons. The van der Waals surface area contributed by atoms with Crippen LogP contribution in [0.25, 0.3) is 0 Å². The van der Waals surface area contributed by atoms with Crippen molar-refractivity contribution in [1.82, 2.24) is 10.3 Å². The Hall–Kier alpha value is -2.28. The lowest BCUT2D eigenvalue weighted by atomic mass is 10.2. The van der Waals surface area contributed by atoms with E-state index in [9.17, 15) is 14.0 Å². The van der Waals surface area contributed by atoms with Crippen molar-refractivity contribution in [2.24, 2.45) is 0 Å². The predicted molar refractivity (Wildman–Crippen MR) is 76.5 cm³/mol. The highest BCUT2D eigenvalue weighted by atomic mass is 79.9. The van der Waals surface area contributed by atoms with Crippen molar-refractivity contribution in [1.29, 1.82) is 0 Å². The third kappa shape index (κ3) is 3.63. The van der Waals surface area contributed by atoms with E-state index in [2.05, 4.69) is 26.2 Å². The number of pyridine rings is 1. The van der Waals surface area contributed by atoms with Crippen LogP contribution in [0.15, 0.2) is 41.0 Å². The monoisotopic (exact) mass is 352 g/mol. The van der Waals surface area contributed by atoms with Gasteiger partial charge in [0.2, 0.25) is 0 Å². The van der Waals surface area contributed by atoms with Gasteiger partial charge < -0.3 is 10.4 Å². The fourth-order valence-electron chi connectivity index (χ4n) is 1.65. The number of hydrogen-bond acceptors (Lipinski definition) is 3. The number of aromatic carboxylic acids is 1. The summed E-state index contributed by atoms with van der Waals surface area (Å²) in [6, 6.07) is 7.09.